The molecular weight excluding hydrogens is 637 g/mol. The number of rotatable bonds is 4. The van der Waals surface area contributed by atoms with Gasteiger partial charge in [-0.15, -0.1) is 0 Å². The first-order chi connectivity index (χ1) is 25.8. The van der Waals surface area contributed by atoms with Crippen LogP contribution in [0.25, 0.3) is 71.0 Å². The molecule has 0 bridgehead atoms. The highest BCUT2D eigenvalue weighted by Crippen LogP contribution is 2.45. The van der Waals surface area contributed by atoms with Gasteiger partial charge >= 0.3 is 0 Å². The summed E-state index contributed by atoms with van der Waals surface area (Å²) in [5, 5.41) is 13.2. The molecule has 1 unspecified atom stereocenters. The zero-order valence-electron chi connectivity index (χ0n) is 28.0. The van der Waals surface area contributed by atoms with Crippen LogP contribution in [0.3, 0.4) is 0 Å². The Hall–Kier alpha value is -6.98. The average Bonchev–Trinajstić information content (AvgIpc) is 3.78. The second kappa shape index (κ2) is 11.3. The number of nitrogens with zero attached hydrogens (tertiary/aromatic N) is 3. The number of amidine groups is 2. The fourth-order valence-corrected chi connectivity index (χ4v) is 8.14. The summed E-state index contributed by atoms with van der Waals surface area (Å²) in [6.07, 6.45) is -0.317. The van der Waals surface area contributed by atoms with Crippen LogP contribution in [-0.4, -0.2) is 16.2 Å². The van der Waals surface area contributed by atoms with Gasteiger partial charge in [0.1, 0.15) is 23.2 Å². The van der Waals surface area contributed by atoms with Crippen molar-refractivity contribution in [1.29, 1.82) is 0 Å². The lowest BCUT2D eigenvalue weighted by molar-refractivity contribution is 0.666. The van der Waals surface area contributed by atoms with E-state index in [0.717, 1.165) is 55.7 Å². The first-order valence-electron chi connectivity index (χ1n) is 17.6. The number of furan rings is 1. The summed E-state index contributed by atoms with van der Waals surface area (Å²) in [5.41, 5.74) is 7.94. The molecule has 0 amide bonds. The molecule has 2 aromatic heterocycles. The Balaban J connectivity index is 1.26. The van der Waals surface area contributed by atoms with Gasteiger partial charge in [-0.25, -0.2) is 9.98 Å². The molecule has 5 heteroatoms. The highest BCUT2D eigenvalue weighted by Gasteiger charge is 2.26. The Bertz CT molecular complexity index is 3100. The van der Waals surface area contributed by atoms with E-state index in [1.807, 2.05) is 30.3 Å². The molecule has 0 fully saturated rings. The van der Waals surface area contributed by atoms with Gasteiger partial charge in [0.25, 0.3) is 0 Å². The first kappa shape index (κ1) is 28.8. The first-order valence-corrected chi connectivity index (χ1v) is 17.6. The predicted octanol–water partition coefficient (Wildman–Crippen LogP) is 11.5. The SMILES string of the molecule is c1ccc(C2=NC(c3ccccc3)NC(c3cc(-n4c5ccccc5c5c6ccccc6c6ccccc6c54)c4c(c3)oc3ccccc34)=N2)cc1. The summed E-state index contributed by atoms with van der Waals surface area (Å²) >= 11 is 0. The number of benzene rings is 8. The van der Waals surface area contributed by atoms with E-state index in [4.69, 9.17) is 14.4 Å². The van der Waals surface area contributed by atoms with Crippen molar-refractivity contribution in [3.05, 3.63) is 187 Å². The van der Waals surface area contributed by atoms with Gasteiger partial charge in [-0.1, -0.05) is 146 Å². The second-order valence-electron chi connectivity index (χ2n) is 13.4. The lowest BCUT2D eigenvalue weighted by atomic mass is 9.97. The molecule has 8 aromatic carbocycles. The van der Waals surface area contributed by atoms with E-state index in [1.165, 1.54) is 37.8 Å². The summed E-state index contributed by atoms with van der Waals surface area (Å²) in [6.45, 7) is 0. The van der Waals surface area contributed by atoms with Crippen molar-refractivity contribution in [3.63, 3.8) is 0 Å². The van der Waals surface area contributed by atoms with Crippen LogP contribution in [0.2, 0.25) is 0 Å². The standard InChI is InChI=1S/C47H30N4O/c1-3-15-29(16-4-1)45-48-46(30-17-5-2-6-18-30)50-47(49-45)31-27-39(43-37-24-12-14-26-40(37)52-41(43)28-31)51-38-25-13-11-23-36(38)42-34-21-9-7-19-32(34)33-20-8-10-22-35(33)44(42)51/h1-28,45H,(H,48,49,50). The number of aromatic nitrogens is 1. The smallest absolute Gasteiger partial charge is 0.159 e. The molecule has 0 saturated carbocycles. The normalized spacial score (nSPS) is 14.7. The lowest BCUT2D eigenvalue weighted by Crippen LogP contribution is -2.33. The molecule has 3 heterocycles. The number of para-hydroxylation sites is 2. The Labute approximate surface area is 298 Å². The average molecular weight is 667 g/mol. The van der Waals surface area contributed by atoms with Crippen molar-refractivity contribution in [1.82, 2.24) is 9.88 Å². The van der Waals surface area contributed by atoms with Gasteiger partial charge in [0.15, 0.2) is 5.84 Å². The van der Waals surface area contributed by atoms with Gasteiger partial charge in [-0.3, -0.25) is 0 Å². The van der Waals surface area contributed by atoms with E-state index < -0.39 is 0 Å². The molecule has 0 spiro atoms. The maximum Gasteiger partial charge on any atom is 0.159 e. The van der Waals surface area contributed by atoms with Gasteiger partial charge in [0.05, 0.1) is 22.1 Å². The summed E-state index contributed by atoms with van der Waals surface area (Å²) < 4.78 is 9.16. The minimum Gasteiger partial charge on any atom is -0.456 e. The van der Waals surface area contributed by atoms with Gasteiger partial charge < -0.3 is 14.3 Å². The maximum atomic E-state index is 6.70. The van der Waals surface area contributed by atoms with E-state index in [1.54, 1.807) is 0 Å². The van der Waals surface area contributed by atoms with E-state index in [2.05, 4.69) is 149 Å². The van der Waals surface area contributed by atoms with Crippen LogP contribution in [-0.2, 0) is 0 Å². The molecule has 1 atom stereocenters. The minimum absolute atomic E-state index is 0.317. The summed E-state index contributed by atoms with van der Waals surface area (Å²) in [6, 6.07) is 59.6. The zero-order valence-corrected chi connectivity index (χ0v) is 28.0. The Morgan fingerprint density at radius 2 is 1.12 bits per heavy atom. The van der Waals surface area contributed by atoms with Gasteiger partial charge in [0.2, 0.25) is 0 Å². The van der Waals surface area contributed by atoms with E-state index in [-0.39, 0.29) is 6.17 Å². The van der Waals surface area contributed by atoms with Crippen molar-refractivity contribution in [2.24, 2.45) is 9.98 Å². The van der Waals surface area contributed by atoms with Crippen LogP contribution in [0, 0.1) is 0 Å². The molecule has 10 aromatic rings. The molecule has 5 nitrogen and oxygen atoms in total. The second-order valence-corrected chi connectivity index (χ2v) is 13.4. The number of hydrogen-bond acceptors (Lipinski definition) is 4. The molecule has 0 saturated heterocycles. The van der Waals surface area contributed by atoms with Gasteiger partial charge in [-0.05, 0) is 46.0 Å². The molecule has 1 aliphatic heterocycles. The third-order valence-electron chi connectivity index (χ3n) is 10.4. The Morgan fingerprint density at radius 1 is 0.500 bits per heavy atom. The van der Waals surface area contributed by atoms with Crippen LogP contribution in [0.4, 0.5) is 0 Å². The number of aliphatic imine (C=N–C) groups is 2. The summed E-state index contributed by atoms with van der Waals surface area (Å²) in [7, 11) is 0. The van der Waals surface area contributed by atoms with Crippen LogP contribution in [0.5, 0.6) is 0 Å². The largest absolute Gasteiger partial charge is 0.456 e. The molecule has 244 valence electrons. The van der Waals surface area contributed by atoms with Crippen molar-refractivity contribution in [2.45, 2.75) is 6.17 Å². The molecular formula is C47H30N4O. The topological polar surface area (TPSA) is 54.8 Å². The molecule has 52 heavy (non-hydrogen) atoms. The number of nitrogens with one attached hydrogen (secondary N) is 1. The van der Waals surface area contributed by atoms with Crippen molar-refractivity contribution >= 4 is 77.0 Å². The van der Waals surface area contributed by atoms with Crippen LogP contribution < -0.4 is 5.32 Å². The lowest BCUT2D eigenvalue weighted by Gasteiger charge is -2.24. The Morgan fingerprint density at radius 3 is 1.90 bits per heavy atom. The van der Waals surface area contributed by atoms with E-state index in [0.29, 0.717) is 5.84 Å². The van der Waals surface area contributed by atoms with Crippen LogP contribution >= 0.6 is 0 Å². The molecule has 11 rings (SSSR count). The third-order valence-corrected chi connectivity index (χ3v) is 10.4. The molecule has 1 N–H and O–H groups in total. The predicted molar refractivity (Wildman–Crippen MR) is 215 cm³/mol. The monoisotopic (exact) mass is 666 g/mol. The van der Waals surface area contributed by atoms with Crippen LogP contribution in [0.15, 0.2) is 184 Å². The van der Waals surface area contributed by atoms with Crippen molar-refractivity contribution in [2.75, 3.05) is 0 Å². The highest BCUT2D eigenvalue weighted by atomic mass is 16.3. The molecule has 0 aliphatic carbocycles. The van der Waals surface area contributed by atoms with Gasteiger partial charge in [0, 0.05) is 32.7 Å². The van der Waals surface area contributed by atoms with E-state index >= 15 is 0 Å². The summed E-state index contributed by atoms with van der Waals surface area (Å²) in [5.74, 6) is 1.42. The van der Waals surface area contributed by atoms with Gasteiger partial charge in [-0.2, -0.15) is 0 Å². The van der Waals surface area contributed by atoms with Crippen LogP contribution in [0.1, 0.15) is 22.9 Å². The van der Waals surface area contributed by atoms with E-state index in [9.17, 15) is 0 Å². The zero-order chi connectivity index (χ0) is 34.2. The quantitative estimate of drug-likeness (QED) is 0.190. The molecule has 0 radical (unpaired) electrons. The minimum atomic E-state index is -0.317. The summed E-state index contributed by atoms with van der Waals surface area (Å²) in [4.78, 5) is 10.3. The molecule has 1 aliphatic rings. The maximum absolute atomic E-state index is 6.70. The Kier molecular flexibility index (Phi) is 6.25. The number of fused-ring (bicyclic) bond motifs is 11. The van der Waals surface area contributed by atoms with Crippen molar-refractivity contribution < 1.29 is 4.42 Å². The highest BCUT2D eigenvalue weighted by molar-refractivity contribution is 6.32. The fourth-order valence-electron chi connectivity index (χ4n) is 8.14. The third kappa shape index (κ3) is 4.29. The fraction of sp³-hybridized carbons (Fsp3) is 0.0213. The van der Waals surface area contributed by atoms with Crippen molar-refractivity contribution in [3.8, 4) is 5.69 Å². The number of hydrogen-bond donors (Lipinski definition) is 1.